The van der Waals surface area contributed by atoms with Gasteiger partial charge in [-0.05, 0) is 42.5 Å². The lowest BCUT2D eigenvalue weighted by atomic mass is 10.1. The van der Waals surface area contributed by atoms with Crippen molar-refractivity contribution in [3.8, 4) is 28.8 Å². The quantitative estimate of drug-likeness (QED) is 0.280. The van der Waals surface area contributed by atoms with Gasteiger partial charge in [0.2, 0.25) is 12.8 Å². The second kappa shape index (κ2) is 8.58. The van der Waals surface area contributed by atoms with Crippen LogP contribution < -0.4 is 26.3 Å². The summed E-state index contributed by atoms with van der Waals surface area (Å²) in [5, 5.41) is 14.9. The van der Waals surface area contributed by atoms with Crippen LogP contribution in [0.4, 0.5) is 5.69 Å². The van der Waals surface area contributed by atoms with Crippen molar-refractivity contribution in [2.24, 2.45) is 15.9 Å². The fraction of sp³-hybridized carbons (Fsp3) is 0.0500. The van der Waals surface area contributed by atoms with Gasteiger partial charge in [0.1, 0.15) is 16.6 Å². The molecule has 0 saturated carbocycles. The summed E-state index contributed by atoms with van der Waals surface area (Å²) in [6.45, 7) is 0.190. The first-order chi connectivity index (χ1) is 15.4. The fourth-order valence-corrected chi connectivity index (χ4v) is 4.46. The number of ether oxygens (including phenoxy) is 2. The zero-order valence-corrected chi connectivity index (χ0v) is 18.0. The van der Waals surface area contributed by atoms with Gasteiger partial charge >= 0.3 is 0 Å². The molecule has 4 rings (SSSR count). The van der Waals surface area contributed by atoms with Crippen LogP contribution in [0.2, 0.25) is 0 Å². The monoisotopic (exact) mass is 468 g/mol. The predicted molar refractivity (Wildman–Crippen MR) is 120 cm³/mol. The highest BCUT2D eigenvalue weighted by molar-refractivity contribution is 7.90. The van der Waals surface area contributed by atoms with Gasteiger partial charge in [0.25, 0.3) is 10.0 Å². The summed E-state index contributed by atoms with van der Waals surface area (Å²) in [4.78, 5) is 4.48. The van der Waals surface area contributed by atoms with Crippen molar-refractivity contribution in [3.05, 3.63) is 59.1 Å². The van der Waals surface area contributed by atoms with Gasteiger partial charge in [-0.3, -0.25) is 0 Å². The molecular weight excluding hydrogens is 452 g/mol. The summed E-state index contributed by atoms with van der Waals surface area (Å²) in [5.74, 6) is 0.792. The van der Waals surface area contributed by atoms with Crippen LogP contribution in [0.5, 0.6) is 11.5 Å². The number of nitrogens with two attached hydrogens (primary N) is 2. The van der Waals surface area contributed by atoms with Crippen molar-refractivity contribution >= 4 is 38.6 Å². The normalized spacial score (nSPS) is 12.8. The Balaban J connectivity index is 1.51. The van der Waals surface area contributed by atoms with E-state index in [-0.39, 0.29) is 11.7 Å². The third-order valence-corrected chi connectivity index (χ3v) is 6.48. The number of hydrogen-bond acceptors (Lipinski definition) is 8. The molecule has 1 aliphatic heterocycles. The number of thiazole rings is 1. The molecule has 2 heterocycles. The van der Waals surface area contributed by atoms with Crippen LogP contribution in [0.15, 0.2) is 63.3 Å². The number of anilines is 1. The number of benzene rings is 2. The molecule has 32 heavy (non-hydrogen) atoms. The Labute approximate surface area is 187 Å². The molecule has 0 amide bonds. The van der Waals surface area contributed by atoms with Gasteiger partial charge in [-0.2, -0.15) is 13.7 Å². The Bertz CT molecular complexity index is 1370. The Kier molecular flexibility index (Phi) is 5.67. The molecule has 0 radical (unpaired) electrons. The van der Waals surface area contributed by atoms with E-state index in [1.807, 2.05) is 23.6 Å². The number of rotatable bonds is 6. The average Bonchev–Trinajstić information content (AvgIpc) is 3.43. The Morgan fingerprint density at radius 3 is 2.66 bits per heavy atom. The Morgan fingerprint density at radius 2 is 1.94 bits per heavy atom. The topological polar surface area (TPSA) is 166 Å². The molecule has 162 valence electrons. The number of aromatic nitrogens is 1. The lowest BCUT2D eigenvalue weighted by Crippen LogP contribution is -2.24. The molecule has 0 atom stereocenters. The van der Waals surface area contributed by atoms with E-state index in [9.17, 15) is 13.7 Å². The number of nitrogens with one attached hydrogen (secondary N) is 1. The average molecular weight is 469 g/mol. The van der Waals surface area contributed by atoms with Gasteiger partial charge in [-0.1, -0.05) is 0 Å². The molecule has 1 aromatic heterocycles. The second-order valence-corrected chi connectivity index (χ2v) is 8.90. The van der Waals surface area contributed by atoms with E-state index >= 15 is 0 Å². The molecule has 0 fully saturated rings. The van der Waals surface area contributed by atoms with Crippen LogP contribution in [0.25, 0.3) is 16.8 Å². The highest BCUT2D eigenvalue weighted by Gasteiger charge is 2.16. The van der Waals surface area contributed by atoms with Crippen LogP contribution in [0, 0.1) is 11.3 Å². The molecule has 5 N–H and O–H groups in total. The maximum absolute atomic E-state index is 12.0. The number of guanidine groups is 1. The summed E-state index contributed by atoms with van der Waals surface area (Å²) >= 11 is 1.33. The van der Waals surface area contributed by atoms with Crippen LogP contribution >= 0.6 is 11.3 Å². The summed E-state index contributed by atoms with van der Waals surface area (Å²) in [5.41, 5.74) is 12.7. The third-order valence-electron chi connectivity index (χ3n) is 4.28. The van der Waals surface area contributed by atoms with Gasteiger partial charge in [0, 0.05) is 22.8 Å². The van der Waals surface area contributed by atoms with Crippen molar-refractivity contribution in [2.75, 3.05) is 12.1 Å². The number of nitriles is 1. The van der Waals surface area contributed by atoms with E-state index in [0.29, 0.717) is 33.5 Å². The highest BCUT2D eigenvalue weighted by atomic mass is 32.2. The van der Waals surface area contributed by atoms with Crippen LogP contribution in [-0.2, 0) is 10.0 Å². The minimum absolute atomic E-state index is 0.0609. The highest BCUT2D eigenvalue weighted by Crippen LogP contribution is 2.36. The minimum Gasteiger partial charge on any atom is -0.454 e. The van der Waals surface area contributed by atoms with E-state index in [4.69, 9.17) is 20.9 Å². The molecule has 1 aliphatic rings. The Hall–Kier alpha value is -4.08. The molecule has 0 unspecified atom stereocenters. The maximum atomic E-state index is 12.0. The smallest absolute Gasteiger partial charge is 0.285 e. The van der Waals surface area contributed by atoms with Crippen molar-refractivity contribution in [3.63, 3.8) is 0 Å². The molecule has 10 nitrogen and oxygen atoms in total. The summed E-state index contributed by atoms with van der Waals surface area (Å²) in [6, 6.07) is 13.4. The van der Waals surface area contributed by atoms with Crippen molar-refractivity contribution < 1.29 is 17.9 Å². The number of sulfonamides is 1. The van der Waals surface area contributed by atoms with E-state index < -0.39 is 16.0 Å². The molecule has 0 spiro atoms. The largest absolute Gasteiger partial charge is 0.454 e. The first-order valence-electron chi connectivity index (χ1n) is 9.04. The van der Waals surface area contributed by atoms with Gasteiger partial charge in [-0.25, -0.2) is 4.98 Å². The SMILES string of the molecule is N#C/C(=C/Nc1ccc(S(=O)(=O)N=C(N)N)cc1)c1nc(-c2ccc3c(c2)OCO3)cs1. The van der Waals surface area contributed by atoms with Crippen LogP contribution in [0.1, 0.15) is 5.01 Å². The zero-order chi connectivity index (χ0) is 22.7. The van der Waals surface area contributed by atoms with Gasteiger partial charge in [0.15, 0.2) is 11.5 Å². The fourth-order valence-electron chi connectivity index (χ4n) is 2.80. The van der Waals surface area contributed by atoms with Crippen LogP contribution in [-0.4, -0.2) is 26.2 Å². The molecule has 0 bridgehead atoms. The zero-order valence-electron chi connectivity index (χ0n) is 16.3. The third kappa shape index (κ3) is 4.48. The second-order valence-electron chi connectivity index (χ2n) is 6.44. The maximum Gasteiger partial charge on any atom is 0.285 e. The van der Waals surface area contributed by atoms with E-state index in [1.165, 1.54) is 41.8 Å². The van der Waals surface area contributed by atoms with Crippen molar-refractivity contribution in [1.82, 2.24) is 4.98 Å². The predicted octanol–water partition coefficient (Wildman–Crippen LogP) is 2.48. The van der Waals surface area contributed by atoms with Crippen molar-refractivity contribution in [1.29, 1.82) is 5.26 Å². The molecule has 2 aromatic carbocycles. The lowest BCUT2D eigenvalue weighted by molar-refractivity contribution is 0.174. The molecule has 0 saturated heterocycles. The van der Waals surface area contributed by atoms with Gasteiger partial charge in [0.05, 0.1) is 10.6 Å². The number of hydrogen-bond donors (Lipinski definition) is 3. The summed E-state index contributed by atoms with van der Waals surface area (Å²) < 4.78 is 37.9. The van der Waals surface area contributed by atoms with Crippen LogP contribution in [0.3, 0.4) is 0 Å². The summed E-state index contributed by atoms with van der Waals surface area (Å²) in [6.07, 6.45) is 1.50. The molecule has 3 aromatic rings. The first kappa shape index (κ1) is 21.2. The number of allylic oxidation sites excluding steroid dienone is 1. The lowest BCUT2D eigenvalue weighted by Gasteiger charge is -2.04. The van der Waals surface area contributed by atoms with Gasteiger partial charge < -0.3 is 26.3 Å². The minimum atomic E-state index is -3.97. The first-order valence-corrected chi connectivity index (χ1v) is 11.4. The van der Waals surface area contributed by atoms with Gasteiger partial charge in [-0.15, -0.1) is 15.7 Å². The standard InChI is InChI=1S/C20H16N6O4S2/c21-8-13(9-24-14-2-4-15(5-3-14)32(27,28)26-20(22)23)19-25-16(10-31-19)12-1-6-17-18(7-12)30-11-29-17/h1-7,9-10,24H,11H2,(H4,22,23,26)/b13-9-. The molecular formula is C20H16N6O4S2. The van der Waals surface area contributed by atoms with Crippen molar-refractivity contribution in [2.45, 2.75) is 4.90 Å². The Morgan fingerprint density at radius 1 is 1.19 bits per heavy atom. The number of nitrogens with zero attached hydrogens (tertiary/aromatic N) is 3. The van der Waals surface area contributed by atoms with E-state index in [2.05, 4.69) is 20.8 Å². The van der Waals surface area contributed by atoms with E-state index in [0.717, 1.165) is 5.56 Å². The molecule has 12 heteroatoms. The summed E-state index contributed by atoms with van der Waals surface area (Å²) in [7, 11) is -3.97. The molecule has 0 aliphatic carbocycles. The number of fused-ring (bicyclic) bond motifs is 1. The van der Waals surface area contributed by atoms with E-state index in [1.54, 1.807) is 0 Å².